The molecule has 2 aromatic heterocycles. The number of pyridine rings is 1. The molecule has 0 fully saturated rings. The van der Waals surface area contributed by atoms with Crippen LogP contribution in [0.25, 0.3) is 10.9 Å². The van der Waals surface area contributed by atoms with Crippen LogP contribution in [0.15, 0.2) is 47.3 Å². The minimum atomic E-state index is 0.746. The summed E-state index contributed by atoms with van der Waals surface area (Å²) in [6.45, 7) is 0.746. The van der Waals surface area contributed by atoms with Crippen LogP contribution >= 0.6 is 15.9 Å². The maximum atomic E-state index is 4.14. The third-order valence-corrected chi connectivity index (χ3v) is 3.13. The van der Waals surface area contributed by atoms with Crippen LogP contribution < -0.4 is 5.32 Å². The topological polar surface area (TPSA) is 53.6 Å². The lowest BCUT2D eigenvalue weighted by molar-refractivity contribution is 1.11. The summed E-state index contributed by atoms with van der Waals surface area (Å²) in [5.74, 6) is 0. The number of hydrogen-bond acceptors (Lipinski definition) is 3. The number of halogens is 1. The van der Waals surface area contributed by atoms with Crippen LogP contribution in [-0.2, 0) is 6.54 Å². The van der Waals surface area contributed by atoms with E-state index < -0.39 is 0 Å². The molecule has 0 aliphatic carbocycles. The van der Waals surface area contributed by atoms with E-state index in [2.05, 4.69) is 48.6 Å². The van der Waals surface area contributed by atoms with Gasteiger partial charge in [0.2, 0.25) is 0 Å². The Kier molecular flexibility index (Phi) is 2.98. The third kappa shape index (κ3) is 2.36. The van der Waals surface area contributed by atoms with Crippen molar-refractivity contribution in [2.45, 2.75) is 6.54 Å². The Morgan fingerprint density at radius 3 is 3.00 bits per heavy atom. The normalized spacial score (nSPS) is 10.7. The molecule has 0 spiro atoms. The maximum Gasteiger partial charge on any atom is 0.0651 e. The van der Waals surface area contributed by atoms with Gasteiger partial charge in [-0.1, -0.05) is 0 Å². The summed E-state index contributed by atoms with van der Waals surface area (Å²) < 4.78 is 0.993. The molecule has 5 heteroatoms. The van der Waals surface area contributed by atoms with E-state index in [0.717, 1.165) is 33.2 Å². The fourth-order valence-corrected chi connectivity index (χ4v) is 2.22. The van der Waals surface area contributed by atoms with Crippen molar-refractivity contribution in [3.63, 3.8) is 0 Å². The molecular weight excluding hydrogens is 292 g/mol. The molecule has 0 unspecified atom stereocenters. The van der Waals surface area contributed by atoms with Crippen molar-refractivity contribution in [1.82, 2.24) is 15.2 Å². The largest absolute Gasteiger partial charge is 0.381 e. The van der Waals surface area contributed by atoms with E-state index in [4.69, 9.17) is 0 Å². The third-order valence-electron chi connectivity index (χ3n) is 2.70. The lowest BCUT2D eigenvalue weighted by Gasteiger charge is -2.06. The molecular formula is C13H11BrN4. The highest BCUT2D eigenvalue weighted by Gasteiger charge is 1.99. The fourth-order valence-electron chi connectivity index (χ4n) is 1.81. The summed E-state index contributed by atoms with van der Waals surface area (Å²) in [6.07, 6.45) is 5.45. The van der Waals surface area contributed by atoms with Crippen LogP contribution in [0.1, 0.15) is 5.56 Å². The highest BCUT2D eigenvalue weighted by Crippen LogP contribution is 2.18. The summed E-state index contributed by atoms with van der Waals surface area (Å²) in [5.41, 5.74) is 3.25. The molecule has 0 aliphatic heterocycles. The second kappa shape index (κ2) is 4.78. The Balaban J connectivity index is 1.76. The number of benzene rings is 1. The van der Waals surface area contributed by atoms with E-state index in [1.165, 1.54) is 0 Å². The lowest BCUT2D eigenvalue weighted by Crippen LogP contribution is -1.99. The van der Waals surface area contributed by atoms with Gasteiger partial charge in [-0.25, -0.2) is 0 Å². The summed E-state index contributed by atoms with van der Waals surface area (Å²) in [5, 5.41) is 11.4. The monoisotopic (exact) mass is 302 g/mol. The van der Waals surface area contributed by atoms with Gasteiger partial charge in [0.15, 0.2) is 0 Å². The van der Waals surface area contributed by atoms with E-state index in [1.807, 2.05) is 24.5 Å². The number of aromatic amines is 1. The average Bonchev–Trinajstić information content (AvgIpc) is 2.84. The van der Waals surface area contributed by atoms with Gasteiger partial charge in [-0.05, 0) is 45.8 Å². The molecule has 4 nitrogen and oxygen atoms in total. The highest BCUT2D eigenvalue weighted by atomic mass is 79.9. The molecule has 0 amide bonds. The minimum Gasteiger partial charge on any atom is -0.381 e. The van der Waals surface area contributed by atoms with Crippen LogP contribution in [0.2, 0.25) is 0 Å². The van der Waals surface area contributed by atoms with Crippen LogP contribution in [-0.4, -0.2) is 15.2 Å². The van der Waals surface area contributed by atoms with E-state index in [0.29, 0.717) is 0 Å². The summed E-state index contributed by atoms with van der Waals surface area (Å²) in [6, 6.07) is 8.18. The number of rotatable bonds is 3. The zero-order valence-electron chi connectivity index (χ0n) is 9.52. The first-order valence-corrected chi connectivity index (χ1v) is 6.37. The van der Waals surface area contributed by atoms with Crippen molar-refractivity contribution in [2.75, 3.05) is 5.32 Å². The molecule has 18 heavy (non-hydrogen) atoms. The molecule has 0 atom stereocenters. The minimum absolute atomic E-state index is 0.746. The van der Waals surface area contributed by atoms with Crippen molar-refractivity contribution in [3.05, 3.63) is 52.9 Å². The van der Waals surface area contributed by atoms with Crippen molar-refractivity contribution in [2.24, 2.45) is 0 Å². The zero-order chi connectivity index (χ0) is 12.4. The number of fused-ring (bicyclic) bond motifs is 1. The summed E-state index contributed by atoms with van der Waals surface area (Å²) in [4.78, 5) is 4.14. The van der Waals surface area contributed by atoms with E-state index >= 15 is 0 Å². The first kappa shape index (κ1) is 11.2. The Morgan fingerprint density at radius 1 is 1.17 bits per heavy atom. The van der Waals surface area contributed by atoms with Crippen molar-refractivity contribution < 1.29 is 0 Å². The highest BCUT2D eigenvalue weighted by molar-refractivity contribution is 9.10. The number of hydrogen-bond donors (Lipinski definition) is 2. The van der Waals surface area contributed by atoms with E-state index in [-0.39, 0.29) is 0 Å². The SMILES string of the molecule is Brc1cncc(CNc2ccc3[nH]ncc3c2)c1. The van der Waals surface area contributed by atoms with Gasteiger partial charge in [-0.15, -0.1) is 0 Å². The van der Waals surface area contributed by atoms with Crippen molar-refractivity contribution in [1.29, 1.82) is 0 Å². The van der Waals surface area contributed by atoms with Gasteiger partial charge >= 0.3 is 0 Å². The Hall–Kier alpha value is -1.88. The molecule has 0 saturated heterocycles. The molecule has 0 aliphatic rings. The maximum absolute atomic E-state index is 4.14. The summed E-state index contributed by atoms with van der Waals surface area (Å²) in [7, 11) is 0. The predicted octanol–water partition coefficient (Wildman–Crippen LogP) is 3.33. The second-order valence-electron chi connectivity index (χ2n) is 4.04. The number of anilines is 1. The fraction of sp³-hybridized carbons (Fsp3) is 0.0769. The second-order valence-corrected chi connectivity index (χ2v) is 4.95. The standard InChI is InChI=1S/C13H11BrN4/c14-11-3-9(5-15-8-11)6-16-12-1-2-13-10(4-12)7-17-18-13/h1-5,7-8,16H,6H2,(H,17,18). The van der Waals surface area contributed by atoms with Gasteiger partial charge in [0.1, 0.15) is 0 Å². The van der Waals surface area contributed by atoms with Gasteiger partial charge in [0, 0.05) is 34.5 Å². The van der Waals surface area contributed by atoms with Crippen LogP contribution in [0.5, 0.6) is 0 Å². The number of nitrogens with zero attached hydrogens (tertiary/aromatic N) is 2. The van der Waals surface area contributed by atoms with Gasteiger partial charge in [0.05, 0.1) is 11.7 Å². The molecule has 0 radical (unpaired) electrons. The predicted molar refractivity (Wildman–Crippen MR) is 75.4 cm³/mol. The van der Waals surface area contributed by atoms with Gasteiger partial charge in [-0.3, -0.25) is 10.1 Å². The van der Waals surface area contributed by atoms with Crippen LogP contribution in [0.3, 0.4) is 0 Å². The first-order chi connectivity index (χ1) is 8.81. The van der Waals surface area contributed by atoms with Crippen LogP contribution in [0, 0.1) is 0 Å². The Bertz CT molecular complexity index is 677. The van der Waals surface area contributed by atoms with Gasteiger partial charge in [0.25, 0.3) is 0 Å². The lowest BCUT2D eigenvalue weighted by atomic mass is 10.2. The quantitative estimate of drug-likeness (QED) is 0.780. The number of aromatic nitrogens is 3. The zero-order valence-corrected chi connectivity index (χ0v) is 11.1. The Labute approximate surface area is 113 Å². The Morgan fingerprint density at radius 2 is 2.11 bits per heavy atom. The molecule has 2 heterocycles. The molecule has 0 saturated carbocycles. The van der Waals surface area contributed by atoms with Crippen molar-refractivity contribution in [3.8, 4) is 0 Å². The number of nitrogens with one attached hydrogen (secondary N) is 2. The molecule has 1 aromatic carbocycles. The molecule has 3 rings (SSSR count). The molecule has 2 N–H and O–H groups in total. The van der Waals surface area contributed by atoms with E-state index in [9.17, 15) is 0 Å². The number of H-pyrrole nitrogens is 1. The average molecular weight is 303 g/mol. The molecule has 3 aromatic rings. The smallest absolute Gasteiger partial charge is 0.0651 e. The van der Waals surface area contributed by atoms with Gasteiger partial charge < -0.3 is 5.32 Å². The van der Waals surface area contributed by atoms with E-state index in [1.54, 1.807) is 6.20 Å². The van der Waals surface area contributed by atoms with Gasteiger partial charge in [-0.2, -0.15) is 5.10 Å². The van der Waals surface area contributed by atoms with Crippen LogP contribution in [0.4, 0.5) is 5.69 Å². The first-order valence-electron chi connectivity index (χ1n) is 5.58. The summed E-state index contributed by atoms with van der Waals surface area (Å²) >= 11 is 3.41. The molecule has 0 bridgehead atoms. The van der Waals surface area contributed by atoms with Crippen molar-refractivity contribution >= 4 is 32.5 Å². The molecule has 90 valence electrons.